The predicted molar refractivity (Wildman–Crippen MR) is 72.5 cm³/mol. The first-order chi connectivity index (χ1) is 8.58. The molecule has 0 spiro atoms. The van der Waals surface area contributed by atoms with Crippen molar-refractivity contribution >= 4 is 21.6 Å². The number of rotatable bonds is 3. The molecule has 0 heterocycles. The van der Waals surface area contributed by atoms with Gasteiger partial charge >= 0.3 is 0 Å². The molecule has 0 aliphatic heterocycles. The number of hydrogen-bond acceptors (Lipinski definition) is 1. The molecule has 0 fully saturated rings. The van der Waals surface area contributed by atoms with Gasteiger partial charge in [0.05, 0.1) is 10.5 Å². The largest absolute Gasteiger partial charge is 0.378 e. The summed E-state index contributed by atoms with van der Waals surface area (Å²) in [7, 11) is 0. The molecule has 0 aliphatic carbocycles. The Kier molecular flexibility index (Phi) is 3.97. The van der Waals surface area contributed by atoms with E-state index in [4.69, 9.17) is 0 Å². The highest BCUT2D eigenvalue weighted by atomic mass is 79.9. The summed E-state index contributed by atoms with van der Waals surface area (Å²) >= 11 is 3.12. The van der Waals surface area contributed by atoms with Crippen LogP contribution in [0.1, 0.15) is 18.5 Å². The zero-order valence-electron chi connectivity index (χ0n) is 9.75. The number of benzene rings is 2. The summed E-state index contributed by atoms with van der Waals surface area (Å²) < 4.78 is 27.0. The second kappa shape index (κ2) is 5.48. The number of nitrogens with one attached hydrogen (secondary N) is 1. The number of halogens is 3. The van der Waals surface area contributed by atoms with Gasteiger partial charge in [0.2, 0.25) is 0 Å². The van der Waals surface area contributed by atoms with Crippen LogP contribution in [0.4, 0.5) is 14.5 Å². The maximum atomic E-state index is 13.6. The van der Waals surface area contributed by atoms with Crippen LogP contribution in [0.2, 0.25) is 0 Å². The van der Waals surface area contributed by atoms with E-state index in [0.717, 1.165) is 5.69 Å². The lowest BCUT2D eigenvalue weighted by Crippen LogP contribution is -2.08. The third-order valence-corrected chi connectivity index (χ3v) is 3.28. The summed E-state index contributed by atoms with van der Waals surface area (Å²) in [6.07, 6.45) is 0. The van der Waals surface area contributed by atoms with Crippen molar-refractivity contribution in [2.24, 2.45) is 0 Å². The van der Waals surface area contributed by atoms with Crippen molar-refractivity contribution in [1.29, 1.82) is 0 Å². The Labute approximate surface area is 113 Å². The van der Waals surface area contributed by atoms with Gasteiger partial charge in [-0.05, 0) is 47.1 Å². The Morgan fingerprint density at radius 1 is 1.06 bits per heavy atom. The van der Waals surface area contributed by atoms with E-state index in [-0.39, 0.29) is 17.7 Å². The van der Waals surface area contributed by atoms with E-state index in [2.05, 4.69) is 21.2 Å². The second-order valence-electron chi connectivity index (χ2n) is 4.02. The van der Waals surface area contributed by atoms with Crippen molar-refractivity contribution in [2.75, 3.05) is 5.32 Å². The van der Waals surface area contributed by atoms with Crippen molar-refractivity contribution in [2.45, 2.75) is 13.0 Å². The van der Waals surface area contributed by atoms with E-state index < -0.39 is 0 Å². The first-order valence-corrected chi connectivity index (χ1v) is 6.33. The first kappa shape index (κ1) is 13.0. The second-order valence-corrected chi connectivity index (χ2v) is 4.87. The molecule has 0 amide bonds. The van der Waals surface area contributed by atoms with Crippen LogP contribution < -0.4 is 5.32 Å². The zero-order chi connectivity index (χ0) is 13.1. The summed E-state index contributed by atoms with van der Waals surface area (Å²) in [5.41, 5.74) is 1.32. The molecule has 1 atom stereocenters. The summed E-state index contributed by atoms with van der Waals surface area (Å²) in [6, 6.07) is 11.0. The fourth-order valence-electron chi connectivity index (χ4n) is 1.74. The summed E-state index contributed by atoms with van der Waals surface area (Å²) in [6.45, 7) is 1.86. The highest BCUT2D eigenvalue weighted by molar-refractivity contribution is 9.10. The van der Waals surface area contributed by atoms with Crippen LogP contribution in [0.3, 0.4) is 0 Å². The van der Waals surface area contributed by atoms with Gasteiger partial charge in [0.15, 0.2) is 0 Å². The molecule has 1 nitrogen and oxygen atoms in total. The van der Waals surface area contributed by atoms with Crippen LogP contribution in [0.15, 0.2) is 46.9 Å². The molecule has 4 heteroatoms. The molecule has 18 heavy (non-hydrogen) atoms. The van der Waals surface area contributed by atoms with Gasteiger partial charge < -0.3 is 5.32 Å². The zero-order valence-corrected chi connectivity index (χ0v) is 11.3. The van der Waals surface area contributed by atoms with Gasteiger partial charge in [-0.15, -0.1) is 0 Å². The smallest absolute Gasteiger partial charge is 0.137 e. The number of hydrogen-bond donors (Lipinski definition) is 1. The third-order valence-electron chi connectivity index (χ3n) is 2.67. The van der Waals surface area contributed by atoms with Crippen molar-refractivity contribution in [3.05, 3.63) is 64.1 Å². The monoisotopic (exact) mass is 311 g/mol. The van der Waals surface area contributed by atoms with E-state index in [9.17, 15) is 8.78 Å². The van der Waals surface area contributed by atoms with Crippen LogP contribution in [0.25, 0.3) is 0 Å². The van der Waals surface area contributed by atoms with Crippen LogP contribution in [0, 0.1) is 11.6 Å². The molecule has 0 aromatic heterocycles. The maximum Gasteiger partial charge on any atom is 0.137 e. The molecule has 0 saturated heterocycles. The molecule has 2 aromatic carbocycles. The van der Waals surface area contributed by atoms with E-state index in [0.29, 0.717) is 10.0 Å². The molecule has 2 rings (SSSR count). The van der Waals surface area contributed by atoms with Crippen molar-refractivity contribution in [3.8, 4) is 0 Å². The fourth-order valence-corrected chi connectivity index (χ4v) is 2.12. The lowest BCUT2D eigenvalue weighted by molar-refractivity contribution is 0.600. The van der Waals surface area contributed by atoms with Gasteiger partial charge in [-0.2, -0.15) is 0 Å². The lowest BCUT2D eigenvalue weighted by atomic mass is 10.1. The van der Waals surface area contributed by atoms with E-state index in [1.165, 1.54) is 12.1 Å². The molecule has 1 unspecified atom stereocenters. The minimum atomic E-state index is -0.320. The van der Waals surface area contributed by atoms with Crippen LogP contribution >= 0.6 is 15.9 Å². The molecular weight excluding hydrogens is 300 g/mol. The lowest BCUT2D eigenvalue weighted by Gasteiger charge is -2.16. The SMILES string of the molecule is CC(Nc1ccc(F)c(Br)c1)c1ccccc1F. The predicted octanol–water partition coefficient (Wildman–Crippen LogP) is 4.90. The van der Waals surface area contributed by atoms with Gasteiger partial charge in [0.1, 0.15) is 11.6 Å². The summed E-state index contributed by atoms with van der Waals surface area (Å²) in [5.74, 6) is -0.572. The summed E-state index contributed by atoms with van der Waals surface area (Å²) in [4.78, 5) is 0. The molecule has 1 N–H and O–H groups in total. The Bertz CT molecular complexity index is 557. The van der Waals surface area contributed by atoms with Gasteiger partial charge in [-0.3, -0.25) is 0 Å². The Balaban J connectivity index is 2.19. The van der Waals surface area contributed by atoms with Crippen molar-refractivity contribution < 1.29 is 8.78 Å². The normalized spacial score (nSPS) is 12.2. The number of anilines is 1. The fraction of sp³-hybridized carbons (Fsp3) is 0.143. The molecule has 2 aromatic rings. The van der Waals surface area contributed by atoms with Gasteiger partial charge in [0, 0.05) is 11.3 Å². The summed E-state index contributed by atoms with van der Waals surface area (Å²) in [5, 5.41) is 3.13. The van der Waals surface area contributed by atoms with Gasteiger partial charge in [-0.1, -0.05) is 18.2 Å². The van der Waals surface area contributed by atoms with Crippen LogP contribution in [-0.2, 0) is 0 Å². The minimum Gasteiger partial charge on any atom is -0.378 e. The van der Waals surface area contributed by atoms with Gasteiger partial charge in [-0.25, -0.2) is 8.78 Å². The minimum absolute atomic E-state index is 0.191. The Morgan fingerprint density at radius 3 is 2.44 bits per heavy atom. The average molecular weight is 312 g/mol. The molecule has 0 saturated carbocycles. The molecular formula is C14H12BrF2N. The van der Waals surface area contributed by atoms with Crippen molar-refractivity contribution in [3.63, 3.8) is 0 Å². The highest BCUT2D eigenvalue weighted by Gasteiger charge is 2.10. The standard InChI is InChI=1S/C14H12BrF2N/c1-9(11-4-2-3-5-13(11)16)18-10-6-7-14(17)12(15)8-10/h2-9,18H,1H3. The first-order valence-electron chi connectivity index (χ1n) is 5.54. The van der Waals surface area contributed by atoms with Crippen molar-refractivity contribution in [1.82, 2.24) is 0 Å². The Morgan fingerprint density at radius 2 is 1.78 bits per heavy atom. The molecule has 0 radical (unpaired) electrons. The van der Waals surface area contributed by atoms with Crippen LogP contribution in [-0.4, -0.2) is 0 Å². The van der Waals surface area contributed by atoms with E-state index in [1.54, 1.807) is 30.3 Å². The van der Waals surface area contributed by atoms with E-state index >= 15 is 0 Å². The maximum absolute atomic E-state index is 13.6. The molecule has 94 valence electrons. The Hall–Kier alpha value is -1.42. The molecule has 0 aliphatic rings. The van der Waals surface area contributed by atoms with E-state index in [1.807, 2.05) is 6.92 Å². The topological polar surface area (TPSA) is 12.0 Å². The highest BCUT2D eigenvalue weighted by Crippen LogP contribution is 2.25. The van der Waals surface area contributed by atoms with Gasteiger partial charge in [0.25, 0.3) is 0 Å². The third kappa shape index (κ3) is 2.88. The average Bonchev–Trinajstić information content (AvgIpc) is 2.34. The van der Waals surface area contributed by atoms with Crippen LogP contribution in [0.5, 0.6) is 0 Å². The quantitative estimate of drug-likeness (QED) is 0.850. The molecule has 0 bridgehead atoms.